The van der Waals surface area contributed by atoms with E-state index in [1.165, 1.54) is 12.1 Å². The maximum Gasteiger partial charge on any atom is 0.248 e. The van der Waals surface area contributed by atoms with E-state index in [9.17, 15) is 4.39 Å². The minimum atomic E-state index is -0.303. The lowest BCUT2D eigenvalue weighted by molar-refractivity contribution is 0.0180. The highest BCUT2D eigenvalue weighted by molar-refractivity contribution is 5.52. The van der Waals surface area contributed by atoms with Crippen LogP contribution in [0.4, 0.5) is 4.39 Å². The Kier molecular flexibility index (Phi) is 4.49. The summed E-state index contributed by atoms with van der Waals surface area (Å²) in [4.78, 5) is 10.7. The van der Waals surface area contributed by atoms with E-state index in [0.717, 1.165) is 11.1 Å². The summed E-state index contributed by atoms with van der Waals surface area (Å²) in [5.74, 6) is 0.649. The van der Waals surface area contributed by atoms with Gasteiger partial charge in [0.2, 0.25) is 11.7 Å². The molecule has 1 aliphatic heterocycles. The molecule has 1 aliphatic rings. The molecule has 3 heterocycles. The molecule has 1 saturated heterocycles. The monoisotopic (exact) mass is 340 g/mol. The number of hydrogen-bond acceptors (Lipinski definition) is 6. The maximum atomic E-state index is 13.8. The summed E-state index contributed by atoms with van der Waals surface area (Å²) in [5.41, 5.74) is 1.61. The Balaban J connectivity index is 1.72. The van der Waals surface area contributed by atoms with E-state index >= 15 is 0 Å². The first-order valence-corrected chi connectivity index (χ1v) is 8.12. The Morgan fingerprint density at radius 2 is 1.88 bits per heavy atom. The fourth-order valence-electron chi connectivity index (χ4n) is 2.99. The van der Waals surface area contributed by atoms with E-state index in [2.05, 4.69) is 20.0 Å². The molecule has 25 heavy (non-hydrogen) atoms. The second-order valence-corrected chi connectivity index (χ2v) is 5.80. The molecular formula is C18H17FN4O2. The second-order valence-electron chi connectivity index (χ2n) is 5.80. The maximum absolute atomic E-state index is 13.8. The number of morpholine rings is 1. The third-order valence-electron chi connectivity index (χ3n) is 4.19. The minimum absolute atomic E-state index is 0.287. The summed E-state index contributed by atoms with van der Waals surface area (Å²) in [5, 5.41) is 4.08. The number of pyridine rings is 1. The normalized spacial score (nSPS) is 16.7. The van der Waals surface area contributed by atoms with Gasteiger partial charge in [-0.05, 0) is 29.8 Å². The first kappa shape index (κ1) is 15.9. The Labute approximate surface area is 144 Å². The van der Waals surface area contributed by atoms with Crippen molar-refractivity contribution in [2.24, 2.45) is 0 Å². The molecule has 4 rings (SSSR count). The lowest BCUT2D eigenvalue weighted by Crippen LogP contribution is -2.39. The van der Waals surface area contributed by atoms with E-state index in [-0.39, 0.29) is 11.9 Å². The van der Waals surface area contributed by atoms with Crippen molar-refractivity contribution in [3.8, 4) is 11.4 Å². The number of halogens is 1. The van der Waals surface area contributed by atoms with Crippen LogP contribution in [-0.4, -0.2) is 46.3 Å². The Bertz CT molecular complexity index is 834. The zero-order valence-electron chi connectivity index (χ0n) is 13.5. The molecule has 3 aromatic rings. The average molecular weight is 340 g/mol. The van der Waals surface area contributed by atoms with Gasteiger partial charge < -0.3 is 9.26 Å². The van der Waals surface area contributed by atoms with Gasteiger partial charge in [0, 0.05) is 31.0 Å². The van der Waals surface area contributed by atoms with Crippen molar-refractivity contribution >= 4 is 0 Å². The van der Waals surface area contributed by atoms with Crippen molar-refractivity contribution in [2.75, 3.05) is 26.3 Å². The molecule has 0 radical (unpaired) electrons. The van der Waals surface area contributed by atoms with Gasteiger partial charge in [0.1, 0.15) is 11.9 Å². The van der Waals surface area contributed by atoms with Crippen LogP contribution in [0.15, 0.2) is 53.3 Å². The van der Waals surface area contributed by atoms with Crippen molar-refractivity contribution in [3.05, 3.63) is 66.1 Å². The highest BCUT2D eigenvalue weighted by Gasteiger charge is 2.29. The number of aromatic nitrogens is 3. The quantitative estimate of drug-likeness (QED) is 0.728. The van der Waals surface area contributed by atoms with Crippen LogP contribution in [0.25, 0.3) is 11.4 Å². The SMILES string of the molecule is Fc1cccc([C@@H](c2nc(-c3ccncc3)no2)N2CCOCC2)c1. The van der Waals surface area contributed by atoms with Crippen LogP contribution < -0.4 is 0 Å². The fraction of sp³-hybridized carbons (Fsp3) is 0.278. The zero-order valence-corrected chi connectivity index (χ0v) is 13.5. The number of benzene rings is 1. The largest absolute Gasteiger partial charge is 0.379 e. The smallest absolute Gasteiger partial charge is 0.248 e. The molecule has 0 saturated carbocycles. The van der Waals surface area contributed by atoms with Gasteiger partial charge in [-0.2, -0.15) is 4.98 Å². The standard InChI is InChI=1S/C18H17FN4O2/c19-15-3-1-2-14(12-15)16(23-8-10-24-11-9-23)18-21-17(22-25-18)13-4-6-20-7-5-13/h1-7,12,16H,8-11H2/t16-/m0/s1. The highest BCUT2D eigenvalue weighted by Crippen LogP contribution is 2.30. The minimum Gasteiger partial charge on any atom is -0.379 e. The van der Waals surface area contributed by atoms with E-state index in [1.807, 2.05) is 18.2 Å². The molecule has 1 fully saturated rings. The zero-order chi connectivity index (χ0) is 17.1. The van der Waals surface area contributed by atoms with E-state index in [4.69, 9.17) is 9.26 Å². The lowest BCUT2D eigenvalue weighted by atomic mass is 10.0. The molecule has 0 unspecified atom stereocenters. The van der Waals surface area contributed by atoms with Crippen molar-refractivity contribution in [1.82, 2.24) is 20.0 Å². The van der Waals surface area contributed by atoms with Crippen molar-refractivity contribution in [1.29, 1.82) is 0 Å². The van der Waals surface area contributed by atoms with E-state index in [0.29, 0.717) is 38.0 Å². The van der Waals surface area contributed by atoms with Crippen LogP contribution in [0, 0.1) is 5.82 Å². The summed E-state index contributed by atoms with van der Waals surface area (Å²) in [6, 6.07) is 9.84. The molecule has 0 bridgehead atoms. The molecule has 2 aromatic heterocycles. The Morgan fingerprint density at radius 1 is 1.08 bits per heavy atom. The van der Waals surface area contributed by atoms with E-state index < -0.39 is 0 Å². The molecule has 7 heteroatoms. The molecule has 0 spiro atoms. The molecule has 1 atom stereocenters. The van der Waals surface area contributed by atoms with Gasteiger partial charge in [-0.1, -0.05) is 17.3 Å². The van der Waals surface area contributed by atoms with Gasteiger partial charge in [-0.25, -0.2) is 4.39 Å². The topological polar surface area (TPSA) is 64.3 Å². The van der Waals surface area contributed by atoms with Crippen LogP contribution >= 0.6 is 0 Å². The fourth-order valence-corrected chi connectivity index (χ4v) is 2.99. The van der Waals surface area contributed by atoms with Gasteiger partial charge in [-0.3, -0.25) is 9.88 Å². The lowest BCUT2D eigenvalue weighted by Gasteiger charge is -2.32. The molecule has 0 N–H and O–H groups in total. The van der Waals surface area contributed by atoms with Crippen molar-refractivity contribution < 1.29 is 13.7 Å². The summed E-state index contributed by atoms with van der Waals surface area (Å²) < 4.78 is 24.7. The van der Waals surface area contributed by atoms with Gasteiger partial charge in [-0.15, -0.1) is 0 Å². The van der Waals surface area contributed by atoms with Crippen molar-refractivity contribution in [2.45, 2.75) is 6.04 Å². The van der Waals surface area contributed by atoms with Crippen LogP contribution in [0.3, 0.4) is 0 Å². The molecule has 6 nitrogen and oxygen atoms in total. The number of rotatable bonds is 4. The summed E-state index contributed by atoms with van der Waals surface area (Å²) in [6.07, 6.45) is 3.36. The van der Waals surface area contributed by atoms with Crippen molar-refractivity contribution in [3.63, 3.8) is 0 Å². The Hall–Kier alpha value is -2.64. The molecule has 1 aromatic carbocycles. The van der Waals surface area contributed by atoms with Crippen LogP contribution in [0.2, 0.25) is 0 Å². The average Bonchev–Trinajstić information content (AvgIpc) is 3.13. The summed E-state index contributed by atoms with van der Waals surface area (Å²) in [6.45, 7) is 2.68. The van der Waals surface area contributed by atoms with Gasteiger partial charge in [0.25, 0.3) is 0 Å². The number of ether oxygens (including phenoxy) is 1. The number of nitrogens with zero attached hydrogens (tertiary/aromatic N) is 4. The predicted molar refractivity (Wildman–Crippen MR) is 88.2 cm³/mol. The van der Waals surface area contributed by atoms with Crippen LogP contribution in [0.1, 0.15) is 17.5 Å². The number of hydrogen-bond donors (Lipinski definition) is 0. The third kappa shape index (κ3) is 3.42. The van der Waals surface area contributed by atoms with Gasteiger partial charge >= 0.3 is 0 Å². The first-order valence-electron chi connectivity index (χ1n) is 8.12. The highest BCUT2D eigenvalue weighted by atomic mass is 19.1. The van der Waals surface area contributed by atoms with Gasteiger partial charge in [0.15, 0.2) is 0 Å². The molecule has 128 valence electrons. The summed E-state index contributed by atoms with van der Waals surface area (Å²) in [7, 11) is 0. The first-order chi connectivity index (χ1) is 12.3. The third-order valence-corrected chi connectivity index (χ3v) is 4.19. The predicted octanol–water partition coefficient (Wildman–Crippen LogP) is 2.69. The molecular weight excluding hydrogens is 323 g/mol. The van der Waals surface area contributed by atoms with E-state index in [1.54, 1.807) is 18.5 Å². The molecule has 0 aliphatic carbocycles. The molecule has 0 amide bonds. The second kappa shape index (κ2) is 7.08. The van der Waals surface area contributed by atoms with Gasteiger partial charge in [0.05, 0.1) is 13.2 Å². The Morgan fingerprint density at radius 3 is 2.64 bits per heavy atom. The van der Waals surface area contributed by atoms with Crippen LogP contribution in [-0.2, 0) is 4.74 Å². The summed E-state index contributed by atoms with van der Waals surface area (Å²) >= 11 is 0. The van der Waals surface area contributed by atoms with Crippen LogP contribution in [0.5, 0.6) is 0 Å².